The van der Waals surface area contributed by atoms with Crippen LogP contribution in [0.15, 0.2) is 42.9 Å². The van der Waals surface area contributed by atoms with Crippen LogP contribution in [0.4, 0.5) is 5.82 Å². The number of nitrogens with zero attached hydrogens (tertiary/aromatic N) is 3. The van der Waals surface area contributed by atoms with Gasteiger partial charge in [-0.05, 0) is 36.6 Å². The first kappa shape index (κ1) is 15.4. The van der Waals surface area contributed by atoms with Gasteiger partial charge in [0.1, 0.15) is 17.8 Å². The van der Waals surface area contributed by atoms with E-state index in [4.69, 9.17) is 17.3 Å². The number of hydrogen-bond acceptors (Lipinski definition) is 4. The van der Waals surface area contributed by atoms with Crippen molar-refractivity contribution in [3.05, 3.63) is 53.4 Å². The Hall–Kier alpha value is -2.11. The van der Waals surface area contributed by atoms with Gasteiger partial charge in [0.05, 0.1) is 5.39 Å². The summed E-state index contributed by atoms with van der Waals surface area (Å²) in [5, 5.41) is 1.84. The average molecular weight is 342 g/mol. The molecule has 1 fully saturated rings. The number of hydrogen-bond donors (Lipinski definition) is 2. The summed E-state index contributed by atoms with van der Waals surface area (Å²) in [6.45, 7) is 2.46. The molecule has 3 heterocycles. The van der Waals surface area contributed by atoms with Gasteiger partial charge in [0.15, 0.2) is 0 Å². The second-order valence-corrected chi connectivity index (χ2v) is 6.86. The smallest absolute Gasteiger partial charge is 0.142 e. The summed E-state index contributed by atoms with van der Waals surface area (Å²) < 4.78 is 0. The molecule has 0 bridgehead atoms. The van der Waals surface area contributed by atoms with Crippen molar-refractivity contribution in [2.75, 3.05) is 24.5 Å². The molecule has 3 N–H and O–H groups in total. The molecule has 3 aromatic rings. The lowest BCUT2D eigenvalue weighted by atomic mass is 9.73. The molecule has 1 saturated heterocycles. The van der Waals surface area contributed by atoms with Gasteiger partial charge < -0.3 is 15.6 Å². The normalized spacial score (nSPS) is 17.3. The van der Waals surface area contributed by atoms with Crippen LogP contribution < -0.4 is 10.6 Å². The highest BCUT2D eigenvalue weighted by Crippen LogP contribution is 2.37. The Kier molecular flexibility index (Phi) is 3.90. The van der Waals surface area contributed by atoms with Crippen LogP contribution in [-0.4, -0.2) is 34.6 Å². The maximum Gasteiger partial charge on any atom is 0.142 e. The maximum absolute atomic E-state index is 6.19. The van der Waals surface area contributed by atoms with Gasteiger partial charge in [-0.3, -0.25) is 0 Å². The van der Waals surface area contributed by atoms with Crippen LogP contribution in [0.2, 0.25) is 5.02 Å². The van der Waals surface area contributed by atoms with Crippen molar-refractivity contribution >= 4 is 28.5 Å². The Labute approximate surface area is 145 Å². The molecule has 24 heavy (non-hydrogen) atoms. The van der Waals surface area contributed by atoms with Crippen LogP contribution in [-0.2, 0) is 5.41 Å². The molecule has 1 aromatic carbocycles. The zero-order valence-corrected chi connectivity index (χ0v) is 14.1. The van der Waals surface area contributed by atoms with E-state index in [1.165, 1.54) is 5.56 Å². The van der Waals surface area contributed by atoms with Crippen molar-refractivity contribution in [1.82, 2.24) is 15.0 Å². The topological polar surface area (TPSA) is 70.8 Å². The van der Waals surface area contributed by atoms with Crippen LogP contribution in [0.5, 0.6) is 0 Å². The third-order valence-electron chi connectivity index (χ3n) is 5.18. The summed E-state index contributed by atoms with van der Waals surface area (Å²) in [4.78, 5) is 14.3. The maximum atomic E-state index is 6.19. The Morgan fingerprint density at radius 1 is 1.21 bits per heavy atom. The minimum Gasteiger partial charge on any atom is -0.356 e. The molecule has 0 amide bonds. The number of nitrogens with two attached hydrogens (primary N) is 1. The van der Waals surface area contributed by atoms with Crippen molar-refractivity contribution < 1.29 is 0 Å². The zero-order valence-electron chi connectivity index (χ0n) is 13.4. The van der Waals surface area contributed by atoms with Crippen LogP contribution in [0.25, 0.3) is 11.0 Å². The fourth-order valence-corrected chi connectivity index (χ4v) is 3.88. The van der Waals surface area contributed by atoms with Crippen molar-refractivity contribution in [1.29, 1.82) is 0 Å². The van der Waals surface area contributed by atoms with Crippen molar-refractivity contribution in [3.63, 3.8) is 0 Å². The third kappa shape index (κ3) is 2.54. The van der Waals surface area contributed by atoms with Crippen LogP contribution >= 0.6 is 11.6 Å². The number of aromatic nitrogens is 3. The summed E-state index contributed by atoms with van der Waals surface area (Å²) in [6, 6.07) is 10.2. The Morgan fingerprint density at radius 3 is 2.79 bits per heavy atom. The molecule has 0 atom stereocenters. The van der Waals surface area contributed by atoms with E-state index >= 15 is 0 Å². The van der Waals surface area contributed by atoms with Gasteiger partial charge in [0.25, 0.3) is 0 Å². The Morgan fingerprint density at radius 2 is 2.04 bits per heavy atom. The number of H-pyrrole nitrogens is 1. The molecule has 0 spiro atoms. The molecule has 0 radical (unpaired) electrons. The van der Waals surface area contributed by atoms with E-state index in [0.29, 0.717) is 6.54 Å². The highest BCUT2D eigenvalue weighted by atomic mass is 35.5. The molecule has 0 aliphatic carbocycles. The van der Waals surface area contributed by atoms with E-state index in [2.05, 4.69) is 32.0 Å². The molecule has 5 nitrogen and oxygen atoms in total. The van der Waals surface area contributed by atoms with Gasteiger partial charge in [-0.1, -0.05) is 23.7 Å². The van der Waals surface area contributed by atoms with Gasteiger partial charge in [0.2, 0.25) is 0 Å². The van der Waals surface area contributed by atoms with Crippen LogP contribution in [0.1, 0.15) is 18.4 Å². The first-order chi connectivity index (χ1) is 11.7. The van der Waals surface area contributed by atoms with Gasteiger partial charge in [-0.15, -0.1) is 0 Å². The van der Waals surface area contributed by atoms with E-state index < -0.39 is 0 Å². The third-order valence-corrected chi connectivity index (χ3v) is 5.42. The second-order valence-electron chi connectivity index (χ2n) is 6.42. The first-order valence-electron chi connectivity index (χ1n) is 8.21. The lowest BCUT2D eigenvalue weighted by Gasteiger charge is -2.42. The van der Waals surface area contributed by atoms with E-state index in [-0.39, 0.29) is 5.41 Å². The number of halogens is 1. The number of nitrogens with one attached hydrogen (secondary N) is 1. The van der Waals surface area contributed by atoms with E-state index in [1.807, 2.05) is 24.4 Å². The standard InChI is InChI=1S/C18H20ClN5/c19-14-3-1-2-13(10-14)18(11-20)5-8-24(9-6-18)17-15-4-7-21-16(15)22-12-23-17/h1-4,7,10,12H,5-6,8-9,11,20H2,(H,21,22,23). The van der Waals surface area contributed by atoms with E-state index in [1.54, 1.807) is 6.33 Å². The Balaban J connectivity index is 1.61. The minimum absolute atomic E-state index is 0.00824. The van der Waals surface area contributed by atoms with E-state index in [9.17, 15) is 0 Å². The number of benzene rings is 1. The molecule has 124 valence electrons. The predicted molar refractivity (Wildman–Crippen MR) is 97.5 cm³/mol. The zero-order chi connectivity index (χ0) is 16.6. The SMILES string of the molecule is NCC1(c2cccc(Cl)c2)CCN(c2ncnc3[nH]ccc23)CC1. The molecule has 2 aromatic heterocycles. The fourth-order valence-electron chi connectivity index (χ4n) is 3.69. The second kappa shape index (κ2) is 6.07. The van der Waals surface area contributed by atoms with Gasteiger partial charge in [0, 0.05) is 36.3 Å². The lowest BCUT2D eigenvalue weighted by molar-refractivity contribution is 0.339. The van der Waals surface area contributed by atoms with Crippen LogP contribution in [0.3, 0.4) is 0 Å². The van der Waals surface area contributed by atoms with E-state index in [0.717, 1.165) is 47.8 Å². The number of piperidine rings is 1. The molecule has 6 heteroatoms. The summed E-state index contributed by atoms with van der Waals surface area (Å²) >= 11 is 6.19. The highest BCUT2D eigenvalue weighted by Gasteiger charge is 2.35. The number of anilines is 1. The van der Waals surface area contributed by atoms with Crippen molar-refractivity contribution in [2.45, 2.75) is 18.3 Å². The van der Waals surface area contributed by atoms with Gasteiger partial charge in [-0.2, -0.15) is 0 Å². The number of fused-ring (bicyclic) bond motifs is 1. The number of rotatable bonds is 3. The largest absolute Gasteiger partial charge is 0.356 e. The first-order valence-corrected chi connectivity index (χ1v) is 8.59. The lowest BCUT2D eigenvalue weighted by Crippen LogP contribution is -2.47. The van der Waals surface area contributed by atoms with Crippen molar-refractivity contribution in [3.8, 4) is 0 Å². The summed E-state index contributed by atoms with van der Waals surface area (Å²) in [5.41, 5.74) is 8.30. The predicted octanol–water partition coefficient (Wildman–Crippen LogP) is 3.11. The quantitative estimate of drug-likeness (QED) is 0.768. The van der Waals surface area contributed by atoms with Crippen molar-refractivity contribution in [2.24, 2.45) is 5.73 Å². The molecule has 0 saturated carbocycles. The number of aromatic amines is 1. The molecule has 1 aliphatic heterocycles. The minimum atomic E-state index is -0.00824. The molecule has 4 rings (SSSR count). The summed E-state index contributed by atoms with van der Waals surface area (Å²) in [7, 11) is 0. The Bertz CT molecular complexity index is 851. The monoisotopic (exact) mass is 341 g/mol. The molecular formula is C18H20ClN5. The van der Waals surface area contributed by atoms with Gasteiger partial charge in [-0.25, -0.2) is 9.97 Å². The molecule has 1 aliphatic rings. The molecular weight excluding hydrogens is 322 g/mol. The van der Waals surface area contributed by atoms with Crippen LogP contribution in [0, 0.1) is 0 Å². The highest BCUT2D eigenvalue weighted by molar-refractivity contribution is 6.30. The average Bonchev–Trinajstić information content (AvgIpc) is 3.10. The molecule has 0 unspecified atom stereocenters. The van der Waals surface area contributed by atoms with Gasteiger partial charge >= 0.3 is 0 Å². The summed E-state index contributed by atoms with van der Waals surface area (Å²) in [5.74, 6) is 0.998. The fraction of sp³-hybridized carbons (Fsp3) is 0.333. The summed E-state index contributed by atoms with van der Waals surface area (Å²) in [6.07, 6.45) is 5.50.